The number of anilines is 1. The summed E-state index contributed by atoms with van der Waals surface area (Å²) in [6.07, 6.45) is -1.04. The van der Waals surface area contributed by atoms with Gasteiger partial charge in [0, 0.05) is 17.7 Å². The summed E-state index contributed by atoms with van der Waals surface area (Å²) in [6, 6.07) is 10.0. The summed E-state index contributed by atoms with van der Waals surface area (Å²) in [5.41, 5.74) is 0.314. The number of nitro benzene ring substituents is 1. The number of carboxylic acid groups (broad SMARTS) is 1. The van der Waals surface area contributed by atoms with Crippen molar-refractivity contribution in [3.8, 4) is 0 Å². The van der Waals surface area contributed by atoms with E-state index in [1.807, 2.05) is 0 Å². The zero-order valence-electron chi connectivity index (χ0n) is 11.6. The SMILES string of the molecule is O=C1O[C@H](c2ccc([N+](=O)[O-])cc2C(=O)O)Nc2ccccc21. The molecule has 2 aromatic rings. The monoisotopic (exact) mass is 314 g/mol. The molecular formula is C15H10N2O6. The minimum absolute atomic E-state index is 0.131. The predicted octanol–water partition coefficient (Wildman–Crippen LogP) is 2.57. The number of esters is 1. The van der Waals surface area contributed by atoms with E-state index in [1.54, 1.807) is 24.3 Å². The van der Waals surface area contributed by atoms with Crippen molar-refractivity contribution in [2.24, 2.45) is 0 Å². The standard InChI is InChI=1S/C15H10N2O6/c18-14(19)11-7-8(17(21)22)5-6-9(11)13-16-12-4-2-1-3-10(12)15(20)23-13/h1-7,13,16H,(H,18,19)/t13-/m1/s1. The highest BCUT2D eigenvalue weighted by Crippen LogP contribution is 2.33. The molecule has 0 aromatic heterocycles. The predicted molar refractivity (Wildman–Crippen MR) is 78.3 cm³/mol. The van der Waals surface area contributed by atoms with Gasteiger partial charge in [0.05, 0.1) is 21.7 Å². The molecular weight excluding hydrogens is 304 g/mol. The maximum atomic E-state index is 12.0. The Morgan fingerprint density at radius 1 is 1.26 bits per heavy atom. The van der Waals surface area contributed by atoms with E-state index < -0.39 is 23.1 Å². The maximum Gasteiger partial charge on any atom is 0.342 e. The molecule has 0 aliphatic carbocycles. The molecule has 0 fully saturated rings. The lowest BCUT2D eigenvalue weighted by atomic mass is 10.0. The molecule has 1 aliphatic rings. The van der Waals surface area contributed by atoms with Gasteiger partial charge in [-0.15, -0.1) is 0 Å². The first kappa shape index (κ1) is 14.5. The van der Waals surface area contributed by atoms with Crippen LogP contribution >= 0.6 is 0 Å². The summed E-state index contributed by atoms with van der Waals surface area (Å²) < 4.78 is 5.21. The molecule has 1 heterocycles. The third-order valence-corrected chi connectivity index (χ3v) is 3.42. The molecule has 0 saturated heterocycles. The Hall–Kier alpha value is -3.42. The van der Waals surface area contributed by atoms with Gasteiger partial charge in [0.15, 0.2) is 0 Å². The van der Waals surface area contributed by atoms with Crippen molar-refractivity contribution in [3.63, 3.8) is 0 Å². The lowest BCUT2D eigenvalue weighted by molar-refractivity contribution is -0.384. The van der Waals surface area contributed by atoms with Crippen LogP contribution in [-0.2, 0) is 4.74 Å². The molecule has 2 N–H and O–H groups in total. The number of carbonyl (C=O) groups excluding carboxylic acids is 1. The molecule has 8 heteroatoms. The molecule has 2 aromatic carbocycles. The Morgan fingerprint density at radius 2 is 2.00 bits per heavy atom. The number of aromatic carboxylic acids is 1. The third kappa shape index (κ3) is 2.57. The van der Waals surface area contributed by atoms with E-state index in [1.165, 1.54) is 6.07 Å². The van der Waals surface area contributed by atoms with Crippen LogP contribution in [0.5, 0.6) is 0 Å². The average molecular weight is 314 g/mol. The first-order valence-corrected chi connectivity index (χ1v) is 6.55. The van der Waals surface area contributed by atoms with E-state index in [4.69, 9.17) is 4.74 Å². The van der Waals surface area contributed by atoms with Gasteiger partial charge in [0.25, 0.3) is 5.69 Å². The van der Waals surface area contributed by atoms with Crippen LogP contribution < -0.4 is 5.32 Å². The summed E-state index contributed by atoms with van der Waals surface area (Å²) in [7, 11) is 0. The van der Waals surface area contributed by atoms with Crippen molar-refractivity contribution in [2.75, 3.05) is 5.32 Å². The van der Waals surface area contributed by atoms with Crippen molar-refractivity contribution in [1.82, 2.24) is 0 Å². The lowest BCUT2D eigenvalue weighted by Crippen LogP contribution is -2.27. The number of carbonyl (C=O) groups is 2. The number of carboxylic acids is 1. The topological polar surface area (TPSA) is 119 Å². The third-order valence-electron chi connectivity index (χ3n) is 3.42. The molecule has 8 nitrogen and oxygen atoms in total. The summed E-state index contributed by atoms with van der Waals surface area (Å²) in [5.74, 6) is -1.94. The fraction of sp³-hybridized carbons (Fsp3) is 0.0667. The largest absolute Gasteiger partial charge is 0.478 e. The van der Waals surface area contributed by atoms with Gasteiger partial charge >= 0.3 is 11.9 Å². The number of fused-ring (bicyclic) bond motifs is 1. The van der Waals surface area contributed by atoms with Gasteiger partial charge in [-0.05, 0) is 18.2 Å². The van der Waals surface area contributed by atoms with Crippen molar-refractivity contribution >= 4 is 23.3 Å². The van der Waals surface area contributed by atoms with E-state index in [2.05, 4.69) is 5.32 Å². The molecule has 0 radical (unpaired) electrons. The molecule has 0 amide bonds. The van der Waals surface area contributed by atoms with Crippen molar-refractivity contribution in [3.05, 3.63) is 69.3 Å². The fourth-order valence-corrected chi connectivity index (χ4v) is 2.34. The van der Waals surface area contributed by atoms with E-state index in [-0.39, 0.29) is 16.8 Å². The number of para-hydroxylation sites is 1. The smallest absolute Gasteiger partial charge is 0.342 e. The second-order valence-corrected chi connectivity index (χ2v) is 4.81. The zero-order chi connectivity index (χ0) is 16.6. The number of rotatable bonds is 3. The second kappa shape index (κ2) is 5.41. The number of nitrogens with one attached hydrogen (secondary N) is 1. The highest BCUT2D eigenvalue weighted by atomic mass is 16.6. The van der Waals surface area contributed by atoms with Gasteiger partial charge in [0.2, 0.25) is 6.23 Å². The maximum absolute atomic E-state index is 12.0. The van der Waals surface area contributed by atoms with Crippen LogP contribution in [-0.4, -0.2) is 22.0 Å². The summed E-state index contributed by atoms with van der Waals surface area (Å²) in [6.45, 7) is 0. The first-order valence-electron chi connectivity index (χ1n) is 6.55. The molecule has 0 saturated carbocycles. The summed E-state index contributed by atoms with van der Waals surface area (Å²) >= 11 is 0. The minimum Gasteiger partial charge on any atom is -0.478 e. The van der Waals surface area contributed by atoms with Crippen LogP contribution in [0, 0.1) is 10.1 Å². The zero-order valence-corrected chi connectivity index (χ0v) is 11.6. The van der Waals surface area contributed by atoms with E-state index >= 15 is 0 Å². The minimum atomic E-state index is -1.35. The van der Waals surface area contributed by atoms with Crippen LogP contribution in [0.4, 0.5) is 11.4 Å². The number of cyclic esters (lactones) is 1. The number of benzene rings is 2. The average Bonchev–Trinajstić information content (AvgIpc) is 2.54. The van der Waals surface area contributed by atoms with E-state index in [0.29, 0.717) is 11.3 Å². The molecule has 0 bridgehead atoms. The molecule has 1 aliphatic heterocycles. The molecule has 23 heavy (non-hydrogen) atoms. The van der Waals surface area contributed by atoms with Crippen LogP contribution in [0.15, 0.2) is 42.5 Å². The summed E-state index contributed by atoms with van der Waals surface area (Å²) in [4.78, 5) is 33.5. The Bertz CT molecular complexity index is 832. The van der Waals surface area contributed by atoms with Crippen molar-refractivity contribution in [1.29, 1.82) is 0 Å². The Morgan fingerprint density at radius 3 is 2.70 bits per heavy atom. The van der Waals surface area contributed by atoms with Crippen molar-refractivity contribution < 1.29 is 24.4 Å². The normalized spacial score (nSPS) is 16.0. The van der Waals surface area contributed by atoms with Gasteiger partial charge in [-0.3, -0.25) is 10.1 Å². The second-order valence-electron chi connectivity index (χ2n) is 4.81. The van der Waals surface area contributed by atoms with Crippen LogP contribution in [0.25, 0.3) is 0 Å². The Labute approximate surface area is 129 Å². The number of hydrogen-bond acceptors (Lipinski definition) is 6. The van der Waals surface area contributed by atoms with Crippen LogP contribution in [0.3, 0.4) is 0 Å². The Balaban J connectivity index is 2.04. The van der Waals surface area contributed by atoms with Crippen LogP contribution in [0.2, 0.25) is 0 Å². The van der Waals surface area contributed by atoms with Crippen LogP contribution in [0.1, 0.15) is 32.5 Å². The number of hydrogen-bond donors (Lipinski definition) is 2. The lowest BCUT2D eigenvalue weighted by Gasteiger charge is -2.27. The van der Waals surface area contributed by atoms with E-state index in [0.717, 1.165) is 12.1 Å². The van der Waals surface area contributed by atoms with Gasteiger partial charge in [0.1, 0.15) is 0 Å². The number of nitrogens with zero attached hydrogens (tertiary/aromatic N) is 1. The molecule has 1 atom stereocenters. The molecule has 0 spiro atoms. The van der Waals surface area contributed by atoms with Crippen molar-refractivity contribution in [2.45, 2.75) is 6.23 Å². The molecule has 0 unspecified atom stereocenters. The number of ether oxygens (including phenoxy) is 1. The quantitative estimate of drug-likeness (QED) is 0.507. The van der Waals surface area contributed by atoms with Gasteiger partial charge in [-0.1, -0.05) is 12.1 Å². The number of nitro groups is 1. The molecule has 116 valence electrons. The van der Waals surface area contributed by atoms with Gasteiger partial charge in [-0.2, -0.15) is 0 Å². The Kier molecular flexibility index (Phi) is 3.41. The van der Waals surface area contributed by atoms with Gasteiger partial charge in [-0.25, -0.2) is 9.59 Å². The summed E-state index contributed by atoms with van der Waals surface area (Å²) in [5, 5.41) is 23.0. The highest BCUT2D eigenvalue weighted by Gasteiger charge is 2.30. The highest BCUT2D eigenvalue weighted by molar-refractivity contribution is 5.98. The molecule has 3 rings (SSSR count). The number of non-ortho nitro benzene ring substituents is 1. The first-order chi connectivity index (χ1) is 11.0. The van der Waals surface area contributed by atoms with Gasteiger partial charge < -0.3 is 15.2 Å². The van der Waals surface area contributed by atoms with E-state index in [9.17, 15) is 24.8 Å². The fourth-order valence-electron chi connectivity index (χ4n) is 2.34.